The third kappa shape index (κ3) is 5.74. The minimum atomic E-state index is 0. The van der Waals surface area contributed by atoms with Crippen molar-refractivity contribution in [1.82, 2.24) is 9.38 Å². The summed E-state index contributed by atoms with van der Waals surface area (Å²) in [6.45, 7) is 14.6. The summed E-state index contributed by atoms with van der Waals surface area (Å²) in [5, 5.41) is 12.1. The monoisotopic (exact) mass is 664 g/mol. The Kier molecular flexibility index (Phi) is 10.9. The normalized spacial score (nSPS) is 11.8. The molecule has 0 aliphatic heterocycles. The van der Waals surface area contributed by atoms with Gasteiger partial charge in [-0.15, -0.1) is 29.7 Å². The molecule has 4 aromatic rings. The van der Waals surface area contributed by atoms with E-state index in [1.165, 1.54) is 33.8 Å². The van der Waals surface area contributed by atoms with Crippen LogP contribution >= 0.6 is 0 Å². The van der Waals surface area contributed by atoms with Gasteiger partial charge in [0.2, 0.25) is 0 Å². The second-order valence-corrected chi connectivity index (χ2v) is 9.35. The van der Waals surface area contributed by atoms with Gasteiger partial charge in [0, 0.05) is 66.5 Å². The van der Waals surface area contributed by atoms with E-state index in [2.05, 4.69) is 48.4 Å². The first kappa shape index (κ1) is 29.7. The first-order valence-electron chi connectivity index (χ1n) is 12.9. The molecule has 195 valence electrons. The van der Waals surface area contributed by atoms with Crippen molar-refractivity contribution in [3.8, 4) is 0 Å². The molecule has 0 spiro atoms. The van der Waals surface area contributed by atoms with Gasteiger partial charge in [-0.25, -0.2) is 0 Å². The van der Waals surface area contributed by atoms with E-state index in [1.54, 1.807) is 0 Å². The maximum Gasteiger partial charge on any atom is 0.162 e. The van der Waals surface area contributed by atoms with Gasteiger partial charge in [-0.3, -0.25) is 4.79 Å². The number of aliphatic hydroxyl groups is 1. The van der Waals surface area contributed by atoms with Crippen LogP contribution in [0.25, 0.3) is 27.3 Å². The number of aliphatic hydroxyl groups excluding tert-OH is 1. The maximum absolute atomic E-state index is 11.7. The van der Waals surface area contributed by atoms with Crippen LogP contribution in [-0.2, 0) is 24.9 Å². The molecule has 0 saturated carbocycles. The van der Waals surface area contributed by atoms with Crippen LogP contribution in [0.3, 0.4) is 0 Å². The second-order valence-electron chi connectivity index (χ2n) is 9.35. The molecule has 4 rings (SSSR count). The molecule has 3 aromatic heterocycles. The van der Waals surface area contributed by atoms with Crippen LogP contribution in [0, 0.1) is 38.7 Å². The van der Waals surface area contributed by atoms with E-state index in [1.807, 2.05) is 52.1 Å². The molecule has 5 heteroatoms. The molecular formula is C31H39IrN2O2-. The Labute approximate surface area is 229 Å². The number of aromatic nitrogens is 2. The van der Waals surface area contributed by atoms with Crippen LogP contribution in [0.5, 0.6) is 0 Å². The SMILES string of the molecule is CCC(CC)C(=O)/C=C(\O)C(CC)CC.Cc1c(C)c2c3ccc[c-]c3c3ncccc3n2c1C.[Ir]. The van der Waals surface area contributed by atoms with Crippen LogP contribution in [-0.4, -0.2) is 20.3 Å². The Morgan fingerprint density at radius 1 is 1.00 bits per heavy atom. The van der Waals surface area contributed by atoms with Crippen molar-refractivity contribution in [2.75, 3.05) is 0 Å². The van der Waals surface area contributed by atoms with Crippen molar-refractivity contribution in [2.24, 2.45) is 11.8 Å². The van der Waals surface area contributed by atoms with Gasteiger partial charge in [-0.2, -0.15) is 0 Å². The summed E-state index contributed by atoms with van der Waals surface area (Å²) in [7, 11) is 0. The van der Waals surface area contributed by atoms with E-state index in [0.717, 1.165) is 42.1 Å². The standard InChI is InChI=1S/C18H15N2.C13H24O2.Ir/c1-11-12(2)18-15-8-5-4-7-14(15)17-16(9-6-10-19-17)20(18)13(11)3;1-5-10(6-2)12(14)9-13(15)11(7-3)8-4;/h4-6,8-10H,1-3H3;9-11,14H,5-8H2,1-4H3;/q-1;;/b;12-9-;. The molecule has 0 saturated heterocycles. The van der Waals surface area contributed by atoms with Crippen LogP contribution in [0.2, 0.25) is 0 Å². The predicted molar refractivity (Wildman–Crippen MR) is 147 cm³/mol. The molecule has 0 bridgehead atoms. The molecule has 1 aromatic carbocycles. The third-order valence-electron chi connectivity index (χ3n) is 7.48. The summed E-state index contributed by atoms with van der Waals surface area (Å²) in [5.41, 5.74) is 7.46. The van der Waals surface area contributed by atoms with Crippen molar-refractivity contribution < 1.29 is 30.0 Å². The molecule has 3 heterocycles. The van der Waals surface area contributed by atoms with Gasteiger partial charge >= 0.3 is 0 Å². The second kappa shape index (κ2) is 13.2. The van der Waals surface area contributed by atoms with Gasteiger partial charge in [-0.1, -0.05) is 33.1 Å². The predicted octanol–water partition coefficient (Wildman–Crippen LogP) is 8.23. The van der Waals surface area contributed by atoms with Gasteiger partial charge in [0.05, 0.1) is 5.76 Å². The molecule has 1 N–H and O–H groups in total. The number of nitrogens with zero attached hydrogens (tertiary/aromatic N) is 2. The van der Waals surface area contributed by atoms with E-state index in [4.69, 9.17) is 0 Å². The zero-order valence-corrected chi connectivity index (χ0v) is 25.0. The van der Waals surface area contributed by atoms with Gasteiger partial charge in [0.1, 0.15) is 0 Å². The summed E-state index contributed by atoms with van der Waals surface area (Å²) in [5.74, 6) is 0.547. The molecule has 36 heavy (non-hydrogen) atoms. The molecule has 4 nitrogen and oxygen atoms in total. The number of hydrogen-bond donors (Lipinski definition) is 1. The van der Waals surface area contributed by atoms with Gasteiger partial charge in [0.15, 0.2) is 5.78 Å². The van der Waals surface area contributed by atoms with Crippen LogP contribution in [0.15, 0.2) is 48.4 Å². The van der Waals surface area contributed by atoms with E-state index in [9.17, 15) is 9.90 Å². The molecule has 0 unspecified atom stereocenters. The smallest absolute Gasteiger partial charge is 0.162 e. The summed E-state index contributed by atoms with van der Waals surface area (Å²) in [6, 6.07) is 13.7. The van der Waals surface area contributed by atoms with Crippen LogP contribution in [0.1, 0.15) is 70.2 Å². The fourth-order valence-corrected chi connectivity index (χ4v) is 4.96. The minimum Gasteiger partial charge on any atom is -0.512 e. The topological polar surface area (TPSA) is 54.6 Å². The van der Waals surface area contributed by atoms with Crippen LogP contribution < -0.4 is 0 Å². The maximum atomic E-state index is 11.7. The summed E-state index contributed by atoms with van der Waals surface area (Å²) in [4.78, 5) is 16.3. The zero-order chi connectivity index (χ0) is 25.7. The average Bonchev–Trinajstić information content (AvgIpc) is 3.10. The minimum absolute atomic E-state index is 0. The summed E-state index contributed by atoms with van der Waals surface area (Å²) >= 11 is 0. The number of ketones is 1. The largest absolute Gasteiger partial charge is 0.512 e. The number of pyridine rings is 2. The molecule has 0 atom stereocenters. The molecule has 1 radical (unpaired) electrons. The Morgan fingerprint density at radius 3 is 2.25 bits per heavy atom. The number of hydrogen-bond acceptors (Lipinski definition) is 3. The van der Waals surface area contributed by atoms with Gasteiger partial charge in [0.25, 0.3) is 0 Å². The van der Waals surface area contributed by atoms with Crippen molar-refractivity contribution in [2.45, 2.75) is 74.1 Å². The van der Waals surface area contributed by atoms with Crippen LogP contribution in [0.4, 0.5) is 0 Å². The Morgan fingerprint density at radius 2 is 1.64 bits per heavy atom. The fourth-order valence-electron chi connectivity index (χ4n) is 4.96. The Hall–Kier alpha value is -2.49. The third-order valence-corrected chi connectivity index (χ3v) is 7.48. The van der Waals surface area contributed by atoms with Gasteiger partial charge in [-0.05, 0) is 69.7 Å². The first-order valence-corrected chi connectivity index (χ1v) is 12.9. The molecule has 0 aliphatic rings. The number of aryl methyl sites for hydroxylation is 2. The molecule has 0 amide bonds. The van der Waals surface area contributed by atoms with Crippen molar-refractivity contribution in [3.05, 3.63) is 71.3 Å². The summed E-state index contributed by atoms with van der Waals surface area (Å²) in [6.07, 6.45) is 6.76. The zero-order valence-electron chi connectivity index (χ0n) is 22.6. The number of rotatable bonds is 7. The number of carbonyl (C=O) groups is 1. The first-order chi connectivity index (χ1) is 16.8. The number of benzene rings is 1. The van der Waals surface area contributed by atoms with Crippen molar-refractivity contribution in [1.29, 1.82) is 0 Å². The van der Waals surface area contributed by atoms with Crippen molar-refractivity contribution in [3.63, 3.8) is 0 Å². The average molecular weight is 664 g/mol. The molecule has 0 fully saturated rings. The molecule has 0 aliphatic carbocycles. The van der Waals surface area contributed by atoms with E-state index in [-0.39, 0.29) is 43.5 Å². The quantitative estimate of drug-likeness (QED) is 0.0939. The summed E-state index contributed by atoms with van der Waals surface area (Å²) < 4.78 is 2.34. The Bertz CT molecular complexity index is 1280. The number of allylic oxidation sites excluding steroid dienone is 2. The van der Waals surface area contributed by atoms with E-state index in [0.29, 0.717) is 0 Å². The molecular weight excluding hydrogens is 625 g/mol. The Balaban J connectivity index is 0.000000260. The van der Waals surface area contributed by atoms with Crippen molar-refractivity contribution >= 4 is 33.1 Å². The number of carbonyl (C=O) groups excluding carboxylic acids is 1. The van der Waals surface area contributed by atoms with E-state index < -0.39 is 0 Å². The number of fused-ring (bicyclic) bond motifs is 6. The fraction of sp³-hybridized carbons (Fsp3) is 0.419. The van der Waals surface area contributed by atoms with Gasteiger partial charge < -0.3 is 14.5 Å². The van der Waals surface area contributed by atoms with E-state index >= 15 is 0 Å².